The van der Waals surface area contributed by atoms with Crippen LogP contribution in [0.5, 0.6) is 0 Å². The van der Waals surface area contributed by atoms with Gasteiger partial charge in [-0.15, -0.1) is 0 Å². The number of aromatic nitrogens is 1. The van der Waals surface area contributed by atoms with Gasteiger partial charge in [-0.2, -0.15) is 4.37 Å². The van der Waals surface area contributed by atoms with E-state index in [9.17, 15) is 14.0 Å². The molecule has 5 nitrogen and oxygen atoms in total. The van der Waals surface area contributed by atoms with Gasteiger partial charge in [-0.1, -0.05) is 12.1 Å². The van der Waals surface area contributed by atoms with Gasteiger partial charge in [-0.05, 0) is 36.2 Å². The smallest absolute Gasteiger partial charge is 0.257 e. The Balaban J connectivity index is 1.64. The largest absolute Gasteiger partial charge is 0.335 e. The number of amides is 2. The zero-order valence-corrected chi connectivity index (χ0v) is 13.5. The van der Waals surface area contributed by atoms with E-state index in [2.05, 4.69) is 4.37 Å². The van der Waals surface area contributed by atoms with Gasteiger partial charge in [0.15, 0.2) is 0 Å². The van der Waals surface area contributed by atoms with E-state index in [1.165, 1.54) is 23.7 Å². The molecule has 0 unspecified atom stereocenters. The lowest BCUT2D eigenvalue weighted by Gasteiger charge is -2.34. The maximum Gasteiger partial charge on any atom is 0.257 e. The number of hydrogen-bond donors (Lipinski definition) is 0. The summed E-state index contributed by atoms with van der Waals surface area (Å²) < 4.78 is 17.3. The Hall–Kier alpha value is -2.28. The zero-order valence-electron chi connectivity index (χ0n) is 12.7. The molecule has 1 aliphatic heterocycles. The maximum absolute atomic E-state index is 13.2. The second-order valence-corrected chi connectivity index (χ2v) is 6.11. The van der Waals surface area contributed by atoms with Crippen molar-refractivity contribution in [3.8, 4) is 0 Å². The van der Waals surface area contributed by atoms with Crippen LogP contribution in [0, 0.1) is 12.7 Å². The molecule has 2 heterocycles. The first-order chi connectivity index (χ1) is 11.0. The Morgan fingerprint density at radius 3 is 2.87 bits per heavy atom. The van der Waals surface area contributed by atoms with Gasteiger partial charge < -0.3 is 9.80 Å². The number of aryl methyl sites for hydroxylation is 1. The van der Waals surface area contributed by atoms with E-state index in [1.54, 1.807) is 34.2 Å². The van der Waals surface area contributed by atoms with Crippen LogP contribution in [-0.4, -0.2) is 45.6 Å². The highest BCUT2D eigenvalue weighted by atomic mass is 32.1. The maximum atomic E-state index is 13.2. The molecule has 3 rings (SSSR count). The summed E-state index contributed by atoms with van der Waals surface area (Å²) in [6, 6.07) is 6.21. The number of benzene rings is 1. The first-order valence-corrected chi connectivity index (χ1v) is 8.10. The SMILES string of the molecule is Cc1nscc1C(=O)N1CCN(Cc2cccc(F)c2)C(=O)C1. The molecule has 120 valence electrons. The van der Waals surface area contributed by atoms with Crippen molar-refractivity contribution in [1.29, 1.82) is 0 Å². The van der Waals surface area contributed by atoms with E-state index in [0.29, 0.717) is 30.9 Å². The van der Waals surface area contributed by atoms with E-state index >= 15 is 0 Å². The van der Waals surface area contributed by atoms with Crippen molar-refractivity contribution in [1.82, 2.24) is 14.2 Å². The van der Waals surface area contributed by atoms with Crippen LogP contribution in [0.4, 0.5) is 4.39 Å². The molecule has 0 atom stereocenters. The molecule has 1 aromatic carbocycles. The molecule has 0 aliphatic carbocycles. The number of piperazine rings is 1. The Morgan fingerprint density at radius 2 is 2.22 bits per heavy atom. The van der Waals surface area contributed by atoms with Gasteiger partial charge >= 0.3 is 0 Å². The third kappa shape index (κ3) is 3.39. The predicted molar refractivity (Wildman–Crippen MR) is 84.6 cm³/mol. The molecular formula is C16H16FN3O2S. The molecule has 0 saturated carbocycles. The van der Waals surface area contributed by atoms with Crippen LogP contribution >= 0.6 is 11.5 Å². The Morgan fingerprint density at radius 1 is 1.39 bits per heavy atom. The van der Waals surface area contributed by atoms with Crippen molar-refractivity contribution in [2.75, 3.05) is 19.6 Å². The Labute approximate surface area is 137 Å². The first-order valence-electron chi connectivity index (χ1n) is 7.27. The van der Waals surface area contributed by atoms with Crippen molar-refractivity contribution in [2.45, 2.75) is 13.5 Å². The molecular weight excluding hydrogens is 317 g/mol. The normalized spacial score (nSPS) is 15.1. The summed E-state index contributed by atoms with van der Waals surface area (Å²) in [4.78, 5) is 27.9. The summed E-state index contributed by atoms with van der Waals surface area (Å²) in [5.41, 5.74) is 1.99. The monoisotopic (exact) mass is 333 g/mol. The fourth-order valence-electron chi connectivity index (χ4n) is 2.57. The predicted octanol–water partition coefficient (Wildman–Crippen LogP) is 2.08. The highest BCUT2D eigenvalue weighted by Crippen LogP contribution is 2.16. The quantitative estimate of drug-likeness (QED) is 0.864. The van der Waals surface area contributed by atoms with Crippen molar-refractivity contribution in [3.63, 3.8) is 0 Å². The molecule has 2 aromatic rings. The summed E-state index contributed by atoms with van der Waals surface area (Å²) in [7, 11) is 0. The van der Waals surface area contributed by atoms with Gasteiger partial charge in [-0.25, -0.2) is 4.39 Å². The lowest BCUT2D eigenvalue weighted by Crippen LogP contribution is -2.51. The van der Waals surface area contributed by atoms with Gasteiger partial charge in [0.2, 0.25) is 5.91 Å². The van der Waals surface area contributed by atoms with Crippen molar-refractivity contribution in [3.05, 3.63) is 52.3 Å². The standard InChI is InChI=1S/C16H16FN3O2S/c1-11-14(10-23-18-11)16(22)20-6-5-19(15(21)9-20)8-12-3-2-4-13(17)7-12/h2-4,7,10H,5-6,8-9H2,1H3. The molecule has 0 radical (unpaired) electrons. The zero-order chi connectivity index (χ0) is 16.4. The molecule has 1 fully saturated rings. The number of nitrogens with zero attached hydrogens (tertiary/aromatic N) is 3. The van der Waals surface area contributed by atoms with Crippen LogP contribution < -0.4 is 0 Å². The van der Waals surface area contributed by atoms with Gasteiger partial charge in [0, 0.05) is 25.0 Å². The van der Waals surface area contributed by atoms with Gasteiger partial charge in [0.05, 0.1) is 11.3 Å². The van der Waals surface area contributed by atoms with E-state index in [0.717, 1.165) is 5.56 Å². The molecule has 1 saturated heterocycles. The minimum atomic E-state index is -0.316. The Kier molecular flexibility index (Phi) is 4.38. The number of hydrogen-bond acceptors (Lipinski definition) is 4. The second-order valence-electron chi connectivity index (χ2n) is 5.49. The summed E-state index contributed by atoms with van der Waals surface area (Å²) in [5, 5.41) is 1.71. The topological polar surface area (TPSA) is 53.5 Å². The Bertz CT molecular complexity index is 746. The average molecular weight is 333 g/mol. The van der Waals surface area contributed by atoms with Crippen LogP contribution in [0.2, 0.25) is 0 Å². The molecule has 1 aromatic heterocycles. The summed E-state index contributed by atoms with van der Waals surface area (Å²) in [6.07, 6.45) is 0. The fraction of sp³-hybridized carbons (Fsp3) is 0.312. The van der Waals surface area contributed by atoms with E-state index in [-0.39, 0.29) is 24.2 Å². The van der Waals surface area contributed by atoms with Gasteiger partial charge in [0.25, 0.3) is 5.91 Å². The van der Waals surface area contributed by atoms with E-state index < -0.39 is 0 Å². The van der Waals surface area contributed by atoms with Gasteiger partial charge in [-0.3, -0.25) is 9.59 Å². The number of carbonyl (C=O) groups excluding carboxylic acids is 2. The first kappa shape index (κ1) is 15.6. The van der Waals surface area contributed by atoms with E-state index in [1.807, 2.05) is 0 Å². The van der Waals surface area contributed by atoms with Crippen molar-refractivity contribution in [2.24, 2.45) is 0 Å². The van der Waals surface area contributed by atoms with Crippen LogP contribution in [0.1, 0.15) is 21.6 Å². The highest BCUT2D eigenvalue weighted by Gasteiger charge is 2.28. The lowest BCUT2D eigenvalue weighted by molar-refractivity contribution is -0.135. The number of carbonyl (C=O) groups is 2. The van der Waals surface area contributed by atoms with Crippen LogP contribution in [0.3, 0.4) is 0 Å². The highest BCUT2D eigenvalue weighted by molar-refractivity contribution is 7.03. The van der Waals surface area contributed by atoms with E-state index in [4.69, 9.17) is 0 Å². The van der Waals surface area contributed by atoms with Crippen molar-refractivity contribution >= 4 is 23.3 Å². The van der Waals surface area contributed by atoms with Crippen molar-refractivity contribution < 1.29 is 14.0 Å². The second kappa shape index (κ2) is 6.45. The lowest BCUT2D eigenvalue weighted by atomic mass is 10.1. The molecule has 23 heavy (non-hydrogen) atoms. The van der Waals surface area contributed by atoms with Crippen LogP contribution in [0.15, 0.2) is 29.6 Å². The molecule has 0 N–H and O–H groups in total. The van der Waals surface area contributed by atoms with Crippen LogP contribution in [0.25, 0.3) is 0 Å². The summed E-state index contributed by atoms with van der Waals surface area (Å²) in [5.74, 6) is -0.603. The molecule has 0 bridgehead atoms. The minimum absolute atomic E-state index is 0.0451. The molecule has 0 spiro atoms. The summed E-state index contributed by atoms with van der Waals surface area (Å²) in [6.45, 7) is 3.10. The third-order valence-corrected chi connectivity index (χ3v) is 4.57. The minimum Gasteiger partial charge on any atom is -0.335 e. The molecule has 2 amide bonds. The number of halogens is 1. The number of rotatable bonds is 3. The molecule has 1 aliphatic rings. The third-order valence-electron chi connectivity index (χ3n) is 3.85. The fourth-order valence-corrected chi connectivity index (χ4v) is 3.26. The van der Waals surface area contributed by atoms with Gasteiger partial charge in [0.1, 0.15) is 12.4 Å². The van der Waals surface area contributed by atoms with Crippen LogP contribution in [-0.2, 0) is 11.3 Å². The summed E-state index contributed by atoms with van der Waals surface area (Å²) >= 11 is 1.23. The average Bonchev–Trinajstić information content (AvgIpc) is 2.95. The molecule has 7 heteroatoms.